The van der Waals surface area contributed by atoms with Crippen LogP contribution >= 0.6 is 0 Å². The molecule has 0 saturated carbocycles. The number of hydrogen-bond donors (Lipinski definition) is 0. The van der Waals surface area contributed by atoms with E-state index in [1.807, 2.05) is 36.4 Å². The summed E-state index contributed by atoms with van der Waals surface area (Å²) in [5.41, 5.74) is 2.90. The van der Waals surface area contributed by atoms with Crippen molar-refractivity contribution < 1.29 is 37.0 Å². The van der Waals surface area contributed by atoms with Gasteiger partial charge in [-0.1, -0.05) is 76.1 Å². The van der Waals surface area contributed by atoms with E-state index in [0.717, 1.165) is 23.3 Å². The maximum absolute atomic E-state index is 14.4. The van der Waals surface area contributed by atoms with Crippen LogP contribution in [0.4, 0.5) is 13.2 Å². The van der Waals surface area contributed by atoms with Crippen molar-refractivity contribution in [1.82, 2.24) is 0 Å². The van der Waals surface area contributed by atoms with Gasteiger partial charge in [0.15, 0.2) is 6.17 Å². The van der Waals surface area contributed by atoms with Gasteiger partial charge in [0.2, 0.25) is 0 Å². The number of unbranched alkanes of at least 4 members (excludes halogenated alkanes) is 8. The zero-order valence-corrected chi connectivity index (χ0v) is 28.0. The fourth-order valence-electron chi connectivity index (χ4n) is 5.21. The van der Waals surface area contributed by atoms with Crippen LogP contribution in [0.25, 0.3) is 11.1 Å². The molecule has 0 aromatic heterocycles. The van der Waals surface area contributed by atoms with Gasteiger partial charge in [0, 0.05) is 0 Å². The first-order valence-electron chi connectivity index (χ1n) is 16.9. The van der Waals surface area contributed by atoms with Crippen molar-refractivity contribution in [2.75, 3.05) is 13.3 Å². The average Bonchev–Trinajstić information content (AvgIpc) is 3.08. The Kier molecular flexibility index (Phi) is 16.4. The van der Waals surface area contributed by atoms with Crippen LogP contribution in [0.5, 0.6) is 11.5 Å². The summed E-state index contributed by atoms with van der Waals surface area (Å²) in [5, 5.41) is 0. The Bertz CT molecular complexity index is 1360. The highest BCUT2D eigenvalue weighted by atomic mass is 19.2. The van der Waals surface area contributed by atoms with Crippen LogP contribution in [0.1, 0.15) is 111 Å². The molecule has 3 rings (SSSR count). The third-order valence-electron chi connectivity index (χ3n) is 8.14. The predicted molar refractivity (Wildman–Crippen MR) is 181 cm³/mol. The van der Waals surface area contributed by atoms with Crippen LogP contribution in [-0.2, 0) is 4.74 Å². The van der Waals surface area contributed by atoms with Crippen molar-refractivity contribution >= 4 is 11.9 Å². The molecule has 0 saturated heterocycles. The zero-order valence-electron chi connectivity index (χ0n) is 28.0. The summed E-state index contributed by atoms with van der Waals surface area (Å²) >= 11 is 0. The van der Waals surface area contributed by atoms with E-state index in [0.29, 0.717) is 17.7 Å². The molecule has 3 unspecified atom stereocenters. The predicted octanol–water partition coefficient (Wildman–Crippen LogP) is 10.8. The lowest BCUT2D eigenvalue weighted by Crippen LogP contribution is -2.33. The van der Waals surface area contributed by atoms with E-state index in [-0.39, 0.29) is 30.6 Å². The van der Waals surface area contributed by atoms with E-state index < -0.39 is 37.1 Å². The van der Waals surface area contributed by atoms with E-state index in [4.69, 9.17) is 14.2 Å². The molecule has 3 aromatic carbocycles. The molecule has 5 nitrogen and oxygen atoms in total. The fourth-order valence-corrected chi connectivity index (χ4v) is 5.21. The fraction of sp³-hybridized carbons (Fsp3) is 0.487. The third-order valence-corrected chi connectivity index (χ3v) is 8.14. The molecular formula is C39H49F3O5. The first kappa shape index (κ1) is 37.6. The van der Waals surface area contributed by atoms with Crippen LogP contribution in [0, 0.1) is 6.92 Å². The molecule has 0 radical (unpaired) electrons. The first-order chi connectivity index (χ1) is 22.7. The Balaban J connectivity index is 1.46. The Morgan fingerprint density at radius 2 is 1.32 bits per heavy atom. The topological polar surface area (TPSA) is 61.8 Å². The van der Waals surface area contributed by atoms with E-state index >= 15 is 0 Å². The number of ether oxygens (including phenoxy) is 3. The summed E-state index contributed by atoms with van der Waals surface area (Å²) in [6.07, 6.45) is 5.12. The van der Waals surface area contributed by atoms with Gasteiger partial charge in [-0.3, -0.25) is 4.39 Å². The highest BCUT2D eigenvalue weighted by Gasteiger charge is 2.29. The maximum atomic E-state index is 14.4. The molecule has 3 aromatic rings. The van der Waals surface area contributed by atoms with Crippen LogP contribution in [0.3, 0.4) is 0 Å². The van der Waals surface area contributed by atoms with Gasteiger partial charge in [0.25, 0.3) is 0 Å². The second-order valence-electron chi connectivity index (χ2n) is 12.1. The largest absolute Gasteiger partial charge is 0.494 e. The van der Waals surface area contributed by atoms with Crippen molar-refractivity contribution in [3.8, 4) is 22.6 Å². The molecule has 0 heterocycles. The van der Waals surface area contributed by atoms with Crippen LogP contribution in [0.15, 0.2) is 66.7 Å². The molecule has 0 aliphatic carbocycles. The van der Waals surface area contributed by atoms with Crippen LogP contribution in [0.2, 0.25) is 0 Å². The number of benzene rings is 3. The van der Waals surface area contributed by atoms with Gasteiger partial charge in [-0.05, 0) is 98.7 Å². The molecule has 0 spiro atoms. The van der Waals surface area contributed by atoms with Gasteiger partial charge < -0.3 is 14.2 Å². The molecule has 47 heavy (non-hydrogen) atoms. The molecule has 0 aliphatic rings. The van der Waals surface area contributed by atoms with Crippen molar-refractivity contribution in [2.45, 2.75) is 110 Å². The monoisotopic (exact) mass is 654 g/mol. The molecule has 0 aliphatic heterocycles. The minimum atomic E-state index is -2.02. The number of alkyl halides is 3. The minimum Gasteiger partial charge on any atom is -0.494 e. The normalized spacial score (nSPS) is 13.1. The van der Waals surface area contributed by atoms with Gasteiger partial charge in [0.1, 0.15) is 23.8 Å². The van der Waals surface area contributed by atoms with Gasteiger partial charge in [0.05, 0.1) is 24.4 Å². The maximum Gasteiger partial charge on any atom is 0.343 e. The quantitative estimate of drug-likeness (QED) is 0.0650. The molecule has 0 fully saturated rings. The molecular weight excluding hydrogens is 605 g/mol. The van der Waals surface area contributed by atoms with Crippen molar-refractivity contribution in [3.63, 3.8) is 0 Å². The number of aryl methyl sites for hydroxylation is 1. The summed E-state index contributed by atoms with van der Waals surface area (Å²) in [5.74, 6) is -0.292. The minimum absolute atomic E-state index is 0.114. The zero-order chi connectivity index (χ0) is 34.0. The summed E-state index contributed by atoms with van der Waals surface area (Å²) in [4.78, 5) is 25.4. The second-order valence-corrected chi connectivity index (χ2v) is 12.1. The number of rotatable bonds is 21. The molecule has 256 valence electrons. The van der Waals surface area contributed by atoms with Gasteiger partial charge in [-0.15, -0.1) is 0 Å². The lowest BCUT2D eigenvalue weighted by molar-refractivity contribution is -0.00768. The lowest BCUT2D eigenvalue weighted by atomic mass is 10.0. The second kappa shape index (κ2) is 20.4. The van der Waals surface area contributed by atoms with Gasteiger partial charge in [-0.25, -0.2) is 18.4 Å². The standard InChI is InChI=1S/C39H49F3O5/c1-4-5-6-7-8-9-10-13-26-45-34-22-19-31(20-23-34)30-15-17-32(18-16-30)38(43)47-36-24-21-33(27-28(36)2)39(44)46-29(3)37(42)35(41)14-11-12-25-40/h15-24,27,29,35,37H,4-14,25-26H2,1-3H3. The SMILES string of the molecule is CCCCCCCCCCOc1ccc(-c2ccc(C(=O)Oc3ccc(C(=O)OC(C)C(F)C(F)CCCCF)cc3C)cc2)cc1. The summed E-state index contributed by atoms with van der Waals surface area (Å²) < 4.78 is 57.3. The van der Waals surface area contributed by atoms with E-state index in [1.165, 1.54) is 70.1 Å². The van der Waals surface area contributed by atoms with Crippen molar-refractivity contribution in [3.05, 3.63) is 83.4 Å². The Morgan fingerprint density at radius 1 is 0.723 bits per heavy atom. The number of carbonyl (C=O) groups excluding carboxylic acids is 2. The molecule has 8 heteroatoms. The molecule has 0 amide bonds. The van der Waals surface area contributed by atoms with Gasteiger partial charge in [-0.2, -0.15) is 0 Å². The van der Waals surface area contributed by atoms with Crippen molar-refractivity contribution in [2.24, 2.45) is 0 Å². The van der Waals surface area contributed by atoms with E-state index in [2.05, 4.69) is 6.92 Å². The van der Waals surface area contributed by atoms with Crippen molar-refractivity contribution in [1.29, 1.82) is 0 Å². The Labute approximate surface area is 277 Å². The summed E-state index contributed by atoms with van der Waals surface area (Å²) in [6.45, 7) is 5.30. The summed E-state index contributed by atoms with van der Waals surface area (Å²) in [6, 6.07) is 19.3. The lowest BCUT2D eigenvalue weighted by Gasteiger charge is -2.20. The number of esters is 2. The molecule has 0 N–H and O–H groups in total. The Morgan fingerprint density at radius 3 is 1.94 bits per heavy atom. The summed E-state index contributed by atoms with van der Waals surface area (Å²) in [7, 11) is 0. The van der Waals surface area contributed by atoms with Gasteiger partial charge >= 0.3 is 11.9 Å². The van der Waals surface area contributed by atoms with E-state index in [9.17, 15) is 22.8 Å². The molecule has 3 atom stereocenters. The third kappa shape index (κ3) is 12.7. The molecule has 0 bridgehead atoms. The van der Waals surface area contributed by atoms with Crippen LogP contribution in [-0.4, -0.2) is 43.7 Å². The number of halogens is 3. The highest BCUT2D eigenvalue weighted by Crippen LogP contribution is 2.26. The highest BCUT2D eigenvalue weighted by molar-refractivity contribution is 5.93. The first-order valence-corrected chi connectivity index (χ1v) is 16.9. The average molecular weight is 655 g/mol. The van der Waals surface area contributed by atoms with Crippen LogP contribution < -0.4 is 9.47 Å². The smallest absolute Gasteiger partial charge is 0.343 e. The Hall–Kier alpha value is -3.81. The number of hydrogen-bond acceptors (Lipinski definition) is 5. The van der Waals surface area contributed by atoms with E-state index in [1.54, 1.807) is 19.1 Å². The number of carbonyl (C=O) groups is 2.